The molecule has 124 valence electrons. The van der Waals surface area contributed by atoms with E-state index in [1.807, 2.05) is 26.8 Å². The van der Waals surface area contributed by atoms with Crippen molar-refractivity contribution < 1.29 is 18.7 Å². The summed E-state index contributed by atoms with van der Waals surface area (Å²) in [4.78, 5) is 25.9. The molecular formula is C17H22N2O4. The number of likely N-dealkylation sites (N-methyl/N-ethyl adjacent to an activating group) is 2. The minimum atomic E-state index is -0.286. The molecule has 1 N–H and O–H groups in total. The van der Waals surface area contributed by atoms with E-state index in [1.54, 1.807) is 19.2 Å². The van der Waals surface area contributed by atoms with Crippen LogP contribution >= 0.6 is 0 Å². The molecule has 0 radical (unpaired) electrons. The number of hydrogen-bond acceptors (Lipinski definition) is 4. The monoisotopic (exact) mass is 318 g/mol. The maximum Gasteiger partial charge on any atom is 0.290 e. The van der Waals surface area contributed by atoms with Crippen molar-refractivity contribution in [3.8, 4) is 5.75 Å². The molecule has 0 saturated heterocycles. The molecule has 0 fully saturated rings. The van der Waals surface area contributed by atoms with Gasteiger partial charge in [-0.05, 0) is 39.0 Å². The van der Waals surface area contributed by atoms with Gasteiger partial charge in [0.2, 0.25) is 5.91 Å². The maximum atomic E-state index is 12.7. The summed E-state index contributed by atoms with van der Waals surface area (Å²) in [7, 11) is 1.59. The van der Waals surface area contributed by atoms with Crippen molar-refractivity contribution in [1.29, 1.82) is 0 Å². The molecule has 0 aliphatic rings. The van der Waals surface area contributed by atoms with Gasteiger partial charge in [-0.2, -0.15) is 0 Å². The summed E-state index contributed by atoms with van der Waals surface area (Å²) in [6.45, 7) is 6.48. The van der Waals surface area contributed by atoms with Gasteiger partial charge >= 0.3 is 0 Å². The SMILES string of the molecule is CCNC(=O)CN(CC)C(=O)c1oc2ccc(OC)cc2c1C. The Hall–Kier alpha value is -2.50. The van der Waals surface area contributed by atoms with Crippen LogP contribution in [0, 0.1) is 6.92 Å². The second-order valence-corrected chi connectivity index (χ2v) is 5.19. The molecule has 0 aliphatic heterocycles. The third-order valence-corrected chi connectivity index (χ3v) is 3.71. The van der Waals surface area contributed by atoms with Crippen LogP contribution < -0.4 is 10.1 Å². The normalized spacial score (nSPS) is 10.6. The van der Waals surface area contributed by atoms with Crippen LogP contribution in [0.2, 0.25) is 0 Å². The molecule has 2 aromatic rings. The number of amides is 2. The molecule has 6 heteroatoms. The van der Waals surface area contributed by atoms with Crippen molar-refractivity contribution in [2.24, 2.45) is 0 Å². The number of furan rings is 1. The minimum absolute atomic E-state index is 0.0168. The summed E-state index contributed by atoms with van der Waals surface area (Å²) in [5, 5.41) is 3.53. The van der Waals surface area contributed by atoms with Gasteiger partial charge in [-0.1, -0.05) is 0 Å². The van der Waals surface area contributed by atoms with Crippen LogP contribution in [-0.4, -0.2) is 43.5 Å². The van der Waals surface area contributed by atoms with Crippen LogP contribution in [0.25, 0.3) is 11.0 Å². The Morgan fingerprint density at radius 3 is 2.65 bits per heavy atom. The zero-order valence-electron chi connectivity index (χ0n) is 13.9. The minimum Gasteiger partial charge on any atom is -0.497 e. The number of carbonyl (C=O) groups is 2. The summed E-state index contributed by atoms with van der Waals surface area (Å²) in [6, 6.07) is 5.40. The Morgan fingerprint density at radius 2 is 2.04 bits per heavy atom. The zero-order valence-corrected chi connectivity index (χ0v) is 13.9. The first-order valence-corrected chi connectivity index (χ1v) is 7.64. The van der Waals surface area contributed by atoms with Crippen molar-refractivity contribution in [3.63, 3.8) is 0 Å². The lowest BCUT2D eigenvalue weighted by Crippen LogP contribution is -2.40. The van der Waals surface area contributed by atoms with Crippen molar-refractivity contribution >= 4 is 22.8 Å². The molecule has 1 heterocycles. The highest BCUT2D eigenvalue weighted by atomic mass is 16.5. The molecule has 6 nitrogen and oxygen atoms in total. The fraction of sp³-hybridized carbons (Fsp3) is 0.412. The van der Waals surface area contributed by atoms with Crippen LogP contribution in [0.1, 0.15) is 30.0 Å². The van der Waals surface area contributed by atoms with E-state index in [0.717, 1.165) is 10.9 Å². The van der Waals surface area contributed by atoms with E-state index < -0.39 is 0 Å². The number of nitrogens with zero attached hydrogens (tertiary/aromatic N) is 1. The Kier molecular flexibility index (Phi) is 5.26. The number of benzene rings is 1. The number of carbonyl (C=O) groups excluding carboxylic acids is 2. The third-order valence-electron chi connectivity index (χ3n) is 3.71. The van der Waals surface area contributed by atoms with Gasteiger partial charge in [-0.15, -0.1) is 0 Å². The highest BCUT2D eigenvalue weighted by Crippen LogP contribution is 2.29. The highest BCUT2D eigenvalue weighted by molar-refractivity contribution is 6.00. The number of aryl methyl sites for hydroxylation is 1. The smallest absolute Gasteiger partial charge is 0.290 e. The standard InChI is InChI=1S/C17H22N2O4/c1-5-18-15(20)10-19(6-2)17(21)16-11(3)13-9-12(22-4)7-8-14(13)23-16/h7-9H,5-6,10H2,1-4H3,(H,18,20). The number of nitrogens with one attached hydrogen (secondary N) is 1. The van der Waals surface area contributed by atoms with Gasteiger partial charge in [0, 0.05) is 24.0 Å². The molecule has 0 saturated carbocycles. The molecule has 2 rings (SSSR count). The van der Waals surface area contributed by atoms with Gasteiger partial charge in [0.15, 0.2) is 5.76 Å². The van der Waals surface area contributed by atoms with Gasteiger partial charge < -0.3 is 19.4 Å². The van der Waals surface area contributed by atoms with Gasteiger partial charge in [0.1, 0.15) is 11.3 Å². The highest BCUT2D eigenvalue weighted by Gasteiger charge is 2.24. The van der Waals surface area contributed by atoms with Crippen LogP contribution in [0.3, 0.4) is 0 Å². The lowest BCUT2D eigenvalue weighted by molar-refractivity contribution is -0.121. The first-order chi connectivity index (χ1) is 11.0. The van der Waals surface area contributed by atoms with Crippen molar-refractivity contribution in [2.75, 3.05) is 26.7 Å². The fourth-order valence-corrected chi connectivity index (χ4v) is 2.43. The van der Waals surface area contributed by atoms with E-state index in [0.29, 0.717) is 24.4 Å². The van der Waals surface area contributed by atoms with E-state index in [4.69, 9.17) is 9.15 Å². The predicted octanol–water partition coefficient (Wildman–Crippen LogP) is 2.35. The van der Waals surface area contributed by atoms with Crippen LogP contribution in [0.4, 0.5) is 0 Å². The van der Waals surface area contributed by atoms with Crippen molar-refractivity contribution in [2.45, 2.75) is 20.8 Å². The molecule has 0 atom stereocenters. The predicted molar refractivity (Wildman–Crippen MR) is 87.8 cm³/mol. The molecule has 0 aliphatic carbocycles. The Bertz CT molecular complexity index is 721. The number of methoxy groups -OCH3 is 1. The van der Waals surface area contributed by atoms with Gasteiger partial charge in [0.25, 0.3) is 5.91 Å². The Balaban J connectivity index is 2.32. The average Bonchev–Trinajstić information content (AvgIpc) is 2.88. The van der Waals surface area contributed by atoms with Gasteiger partial charge in [0.05, 0.1) is 13.7 Å². The lowest BCUT2D eigenvalue weighted by Gasteiger charge is -2.19. The van der Waals surface area contributed by atoms with E-state index >= 15 is 0 Å². The summed E-state index contributed by atoms with van der Waals surface area (Å²) < 4.78 is 10.9. The second-order valence-electron chi connectivity index (χ2n) is 5.19. The molecule has 0 bridgehead atoms. The zero-order chi connectivity index (χ0) is 17.0. The first kappa shape index (κ1) is 16.9. The van der Waals surface area contributed by atoms with E-state index in [2.05, 4.69) is 5.32 Å². The third kappa shape index (κ3) is 3.47. The summed E-state index contributed by atoms with van der Waals surface area (Å²) in [5.41, 5.74) is 1.37. The van der Waals surface area contributed by atoms with E-state index in [9.17, 15) is 9.59 Å². The van der Waals surface area contributed by atoms with E-state index in [1.165, 1.54) is 4.90 Å². The van der Waals surface area contributed by atoms with Gasteiger partial charge in [-0.25, -0.2) is 0 Å². The Labute approximate surface area is 135 Å². The molecular weight excluding hydrogens is 296 g/mol. The van der Waals surface area contributed by atoms with Crippen LogP contribution in [-0.2, 0) is 4.79 Å². The maximum absolute atomic E-state index is 12.7. The van der Waals surface area contributed by atoms with Crippen molar-refractivity contribution in [1.82, 2.24) is 10.2 Å². The molecule has 2 amide bonds. The van der Waals surface area contributed by atoms with Crippen molar-refractivity contribution in [3.05, 3.63) is 29.5 Å². The molecule has 0 spiro atoms. The average molecular weight is 318 g/mol. The molecule has 23 heavy (non-hydrogen) atoms. The van der Waals surface area contributed by atoms with Crippen LogP contribution in [0.5, 0.6) is 5.75 Å². The summed E-state index contributed by atoms with van der Waals surface area (Å²) in [5.74, 6) is 0.499. The number of hydrogen-bond donors (Lipinski definition) is 1. The molecule has 1 aromatic carbocycles. The first-order valence-electron chi connectivity index (χ1n) is 7.64. The van der Waals surface area contributed by atoms with Gasteiger partial charge in [-0.3, -0.25) is 9.59 Å². The quantitative estimate of drug-likeness (QED) is 0.887. The Morgan fingerprint density at radius 1 is 1.30 bits per heavy atom. The second kappa shape index (κ2) is 7.17. The topological polar surface area (TPSA) is 71.8 Å². The fourth-order valence-electron chi connectivity index (χ4n) is 2.43. The van der Waals surface area contributed by atoms with Crippen LogP contribution in [0.15, 0.2) is 22.6 Å². The molecule has 0 unspecified atom stereocenters. The lowest BCUT2D eigenvalue weighted by atomic mass is 10.1. The summed E-state index contributed by atoms with van der Waals surface area (Å²) in [6.07, 6.45) is 0. The number of rotatable bonds is 6. The largest absolute Gasteiger partial charge is 0.497 e. The number of fused-ring (bicyclic) bond motifs is 1. The van der Waals surface area contributed by atoms with E-state index in [-0.39, 0.29) is 24.1 Å². The molecule has 1 aromatic heterocycles. The number of ether oxygens (including phenoxy) is 1. The summed E-state index contributed by atoms with van der Waals surface area (Å²) >= 11 is 0.